The van der Waals surface area contributed by atoms with Gasteiger partial charge in [-0.05, 0) is 12.8 Å². The molecule has 0 aromatic heterocycles. The lowest BCUT2D eigenvalue weighted by atomic mass is 10.0. The number of phosphoric acid groups is 1. The third-order valence-corrected chi connectivity index (χ3v) is 8.96. The SMILES string of the molecule is CCCCCCCCCCCCCCC(=O)O[C@H](COC(=O)CCCCCCCCCCCCC)COP(=O)(O)OC[C@@H](O)CO. The van der Waals surface area contributed by atoms with E-state index >= 15 is 0 Å². The van der Waals surface area contributed by atoms with Crippen LogP contribution in [-0.4, -0.2) is 65.7 Å². The lowest BCUT2D eigenvalue weighted by Gasteiger charge is -2.20. The summed E-state index contributed by atoms with van der Waals surface area (Å²) in [6.45, 7) is 2.36. The van der Waals surface area contributed by atoms with Crippen LogP contribution in [0.5, 0.6) is 0 Å². The standard InChI is InChI=1S/C35H69O10P/c1-3-5-7-9-11-13-15-17-19-21-23-25-27-35(39)45-33(31-44-46(40,41)43-29-32(37)28-36)30-42-34(38)26-24-22-20-18-16-14-12-10-8-6-4-2/h32-33,36-37H,3-31H2,1-2H3,(H,40,41)/t32-,33+/m0/s1. The van der Waals surface area contributed by atoms with Gasteiger partial charge in [-0.25, -0.2) is 4.57 Å². The zero-order chi connectivity index (χ0) is 34.1. The monoisotopic (exact) mass is 680 g/mol. The number of hydrogen-bond acceptors (Lipinski definition) is 9. The summed E-state index contributed by atoms with van der Waals surface area (Å²) in [5, 5.41) is 18.2. The van der Waals surface area contributed by atoms with Crippen LogP contribution in [0.3, 0.4) is 0 Å². The summed E-state index contributed by atoms with van der Waals surface area (Å²) in [5.74, 6) is -0.918. The Morgan fingerprint density at radius 3 is 1.35 bits per heavy atom. The van der Waals surface area contributed by atoms with E-state index in [0.717, 1.165) is 38.5 Å². The Hall–Kier alpha value is -1.03. The first kappa shape index (κ1) is 45.0. The zero-order valence-electron chi connectivity index (χ0n) is 29.3. The molecule has 0 heterocycles. The molecule has 11 heteroatoms. The molecule has 10 nitrogen and oxygen atoms in total. The molecule has 0 spiro atoms. The highest BCUT2D eigenvalue weighted by atomic mass is 31.2. The van der Waals surface area contributed by atoms with E-state index in [2.05, 4.69) is 18.4 Å². The van der Waals surface area contributed by atoms with Crippen molar-refractivity contribution in [3.8, 4) is 0 Å². The summed E-state index contributed by atoms with van der Waals surface area (Å²) in [6, 6.07) is 0. The fraction of sp³-hybridized carbons (Fsp3) is 0.943. The van der Waals surface area contributed by atoms with Crippen molar-refractivity contribution in [1.29, 1.82) is 0 Å². The van der Waals surface area contributed by atoms with E-state index < -0.39 is 51.8 Å². The van der Waals surface area contributed by atoms with Gasteiger partial charge in [-0.3, -0.25) is 18.6 Å². The summed E-state index contributed by atoms with van der Waals surface area (Å²) in [6.07, 6.45) is 25.0. The average Bonchev–Trinajstić information content (AvgIpc) is 3.04. The minimum absolute atomic E-state index is 0.191. The number of hydrogen-bond donors (Lipinski definition) is 3. The molecule has 0 aromatic rings. The molecule has 0 aliphatic carbocycles. The highest BCUT2D eigenvalue weighted by Gasteiger charge is 2.27. The molecule has 0 fully saturated rings. The number of aliphatic hydroxyl groups is 2. The number of esters is 2. The minimum atomic E-state index is -4.60. The maximum atomic E-state index is 12.5. The molecule has 274 valence electrons. The molecule has 0 amide bonds. The molecular weight excluding hydrogens is 611 g/mol. The molecule has 46 heavy (non-hydrogen) atoms. The van der Waals surface area contributed by atoms with Gasteiger partial charge in [0.05, 0.1) is 19.8 Å². The van der Waals surface area contributed by atoms with Crippen LogP contribution in [0.2, 0.25) is 0 Å². The van der Waals surface area contributed by atoms with Crippen molar-refractivity contribution in [3.63, 3.8) is 0 Å². The second kappa shape index (κ2) is 32.5. The molecule has 0 bridgehead atoms. The molecule has 0 aliphatic heterocycles. The van der Waals surface area contributed by atoms with E-state index in [-0.39, 0.29) is 19.4 Å². The quantitative estimate of drug-likeness (QED) is 0.0337. The van der Waals surface area contributed by atoms with Crippen LogP contribution in [0.4, 0.5) is 0 Å². The highest BCUT2D eigenvalue weighted by molar-refractivity contribution is 7.47. The van der Waals surface area contributed by atoms with E-state index in [4.69, 9.17) is 19.1 Å². The average molecular weight is 681 g/mol. The lowest BCUT2D eigenvalue weighted by molar-refractivity contribution is -0.161. The van der Waals surface area contributed by atoms with Crippen molar-refractivity contribution in [2.24, 2.45) is 0 Å². The molecule has 0 aromatic carbocycles. The fourth-order valence-electron chi connectivity index (χ4n) is 5.11. The first-order valence-corrected chi connectivity index (χ1v) is 20.0. The van der Waals surface area contributed by atoms with Gasteiger partial charge < -0.3 is 24.6 Å². The number of carbonyl (C=O) groups is 2. The van der Waals surface area contributed by atoms with Crippen LogP contribution in [0.1, 0.15) is 174 Å². The van der Waals surface area contributed by atoms with E-state index in [1.165, 1.54) is 96.3 Å². The van der Waals surface area contributed by atoms with Crippen molar-refractivity contribution < 1.29 is 47.8 Å². The second-order valence-electron chi connectivity index (χ2n) is 12.6. The highest BCUT2D eigenvalue weighted by Crippen LogP contribution is 2.43. The molecule has 3 atom stereocenters. The molecular formula is C35H69O10P. The number of rotatable bonds is 35. The van der Waals surface area contributed by atoms with Crippen molar-refractivity contribution in [1.82, 2.24) is 0 Å². The normalized spacial score (nSPS) is 14.1. The van der Waals surface area contributed by atoms with Gasteiger partial charge in [0, 0.05) is 12.8 Å². The van der Waals surface area contributed by atoms with Gasteiger partial charge in [-0.15, -0.1) is 0 Å². The Bertz CT molecular complexity index is 751. The number of aliphatic hydroxyl groups excluding tert-OH is 2. The Morgan fingerprint density at radius 1 is 0.565 bits per heavy atom. The van der Waals surface area contributed by atoms with Crippen molar-refractivity contribution in [2.45, 2.75) is 187 Å². The smallest absolute Gasteiger partial charge is 0.462 e. The topological polar surface area (TPSA) is 149 Å². The van der Waals surface area contributed by atoms with Crippen molar-refractivity contribution in [3.05, 3.63) is 0 Å². The van der Waals surface area contributed by atoms with Crippen LogP contribution < -0.4 is 0 Å². The molecule has 3 N–H and O–H groups in total. The van der Waals surface area contributed by atoms with E-state index in [0.29, 0.717) is 12.8 Å². The minimum Gasteiger partial charge on any atom is -0.462 e. The second-order valence-corrected chi connectivity index (χ2v) is 14.1. The van der Waals surface area contributed by atoms with E-state index in [9.17, 15) is 24.2 Å². The Balaban J connectivity index is 4.37. The maximum Gasteiger partial charge on any atom is 0.472 e. The Morgan fingerprint density at radius 2 is 0.935 bits per heavy atom. The fourth-order valence-corrected chi connectivity index (χ4v) is 5.90. The van der Waals surface area contributed by atoms with Crippen LogP contribution in [0, 0.1) is 0 Å². The summed E-state index contributed by atoms with van der Waals surface area (Å²) in [5.41, 5.74) is 0. The Labute approximate surface area is 280 Å². The van der Waals surface area contributed by atoms with Crippen LogP contribution >= 0.6 is 7.82 Å². The van der Waals surface area contributed by atoms with E-state index in [1.807, 2.05) is 0 Å². The third kappa shape index (κ3) is 31.6. The van der Waals surface area contributed by atoms with Gasteiger partial charge in [0.2, 0.25) is 0 Å². The molecule has 0 saturated carbocycles. The summed E-state index contributed by atoms with van der Waals surface area (Å²) < 4.78 is 32.5. The summed E-state index contributed by atoms with van der Waals surface area (Å²) >= 11 is 0. The van der Waals surface area contributed by atoms with Gasteiger partial charge in [0.1, 0.15) is 12.7 Å². The van der Waals surface area contributed by atoms with Crippen LogP contribution in [-0.2, 0) is 32.7 Å². The largest absolute Gasteiger partial charge is 0.472 e. The number of unbranched alkanes of at least 4 members (excludes halogenated alkanes) is 21. The lowest BCUT2D eigenvalue weighted by Crippen LogP contribution is -2.29. The maximum absolute atomic E-state index is 12.5. The number of ether oxygens (including phenoxy) is 2. The van der Waals surface area contributed by atoms with Crippen molar-refractivity contribution >= 4 is 19.8 Å². The van der Waals surface area contributed by atoms with Gasteiger partial charge in [0.25, 0.3) is 0 Å². The first-order valence-electron chi connectivity index (χ1n) is 18.5. The number of phosphoric ester groups is 1. The summed E-state index contributed by atoms with van der Waals surface area (Å²) in [4.78, 5) is 34.7. The van der Waals surface area contributed by atoms with Gasteiger partial charge in [0.15, 0.2) is 6.10 Å². The first-order chi connectivity index (χ1) is 22.2. The van der Waals surface area contributed by atoms with Crippen LogP contribution in [0.15, 0.2) is 0 Å². The van der Waals surface area contributed by atoms with Gasteiger partial charge in [-0.2, -0.15) is 0 Å². The molecule has 0 radical (unpaired) electrons. The molecule has 0 saturated heterocycles. The summed E-state index contributed by atoms with van der Waals surface area (Å²) in [7, 11) is -4.60. The predicted octanol–water partition coefficient (Wildman–Crippen LogP) is 8.72. The number of carbonyl (C=O) groups excluding carboxylic acids is 2. The van der Waals surface area contributed by atoms with Crippen molar-refractivity contribution in [2.75, 3.05) is 26.4 Å². The zero-order valence-corrected chi connectivity index (χ0v) is 30.2. The van der Waals surface area contributed by atoms with Crippen LogP contribution in [0.25, 0.3) is 0 Å². The van der Waals surface area contributed by atoms with E-state index in [1.54, 1.807) is 0 Å². The molecule has 0 aliphatic rings. The predicted molar refractivity (Wildman–Crippen MR) is 182 cm³/mol. The Kier molecular flexibility index (Phi) is 31.8. The third-order valence-electron chi connectivity index (χ3n) is 8.01. The molecule has 1 unspecified atom stereocenters. The van der Waals surface area contributed by atoms with Gasteiger partial charge in [-0.1, -0.05) is 149 Å². The van der Waals surface area contributed by atoms with Gasteiger partial charge >= 0.3 is 19.8 Å². The molecule has 0 rings (SSSR count).